The highest BCUT2D eigenvalue weighted by Gasteiger charge is 2.30. The minimum atomic E-state index is 0. The van der Waals surface area contributed by atoms with E-state index in [9.17, 15) is 4.79 Å². The Morgan fingerprint density at radius 2 is 1.94 bits per heavy atom. The summed E-state index contributed by atoms with van der Waals surface area (Å²) in [6.07, 6.45) is 5.18. The van der Waals surface area contributed by atoms with Gasteiger partial charge in [0.1, 0.15) is 0 Å². The summed E-state index contributed by atoms with van der Waals surface area (Å²) in [6.45, 7) is 2.14. The van der Waals surface area contributed by atoms with Gasteiger partial charge >= 0.3 is 0 Å². The molecular formula is C12H23ClN2O2. The summed E-state index contributed by atoms with van der Waals surface area (Å²) in [5, 5.41) is 3.18. The third-order valence-electron chi connectivity index (χ3n) is 3.88. The highest BCUT2D eigenvalue weighted by atomic mass is 35.5. The first-order chi connectivity index (χ1) is 7.81. The zero-order valence-electron chi connectivity index (χ0n) is 10.2. The van der Waals surface area contributed by atoms with Crippen LogP contribution in [0.15, 0.2) is 0 Å². The molecule has 0 spiro atoms. The topological polar surface area (TPSA) is 64.3 Å². The number of hydrogen-bond donors (Lipinski definition) is 2. The van der Waals surface area contributed by atoms with Crippen molar-refractivity contribution >= 4 is 18.3 Å². The average Bonchev–Trinajstić information content (AvgIpc) is 2.77. The third-order valence-corrected chi connectivity index (χ3v) is 3.88. The molecule has 2 unspecified atom stereocenters. The molecule has 0 aromatic rings. The molecule has 2 aliphatic rings. The lowest BCUT2D eigenvalue weighted by Crippen LogP contribution is -2.43. The first-order valence-corrected chi connectivity index (χ1v) is 6.39. The second-order valence-corrected chi connectivity index (χ2v) is 4.93. The number of ether oxygens (including phenoxy) is 1. The van der Waals surface area contributed by atoms with Crippen molar-refractivity contribution in [2.75, 3.05) is 19.8 Å². The van der Waals surface area contributed by atoms with Gasteiger partial charge in [0.2, 0.25) is 5.91 Å². The van der Waals surface area contributed by atoms with E-state index in [0.29, 0.717) is 18.5 Å². The van der Waals surface area contributed by atoms with Crippen LogP contribution in [-0.2, 0) is 9.53 Å². The van der Waals surface area contributed by atoms with E-state index >= 15 is 0 Å². The summed E-state index contributed by atoms with van der Waals surface area (Å²) in [4.78, 5) is 12.0. The maximum atomic E-state index is 12.0. The van der Waals surface area contributed by atoms with Gasteiger partial charge in [-0.2, -0.15) is 0 Å². The molecule has 5 heteroatoms. The van der Waals surface area contributed by atoms with Gasteiger partial charge in [0.25, 0.3) is 0 Å². The number of nitrogens with one attached hydrogen (secondary N) is 1. The molecule has 0 bridgehead atoms. The summed E-state index contributed by atoms with van der Waals surface area (Å²) in [6, 6.07) is 0.320. The van der Waals surface area contributed by atoms with Gasteiger partial charge in [0.05, 0.1) is 0 Å². The fourth-order valence-electron chi connectivity index (χ4n) is 2.77. The monoisotopic (exact) mass is 262 g/mol. The van der Waals surface area contributed by atoms with Crippen molar-refractivity contribution in [1.29, 1.82) is 0 Å². The van der Waals surface area contributed by atoms with Gasteiger partial charge in [-0.15, -0.1) is 12.4 Å². The smallest absolute Gasteiger partial charge is 0.223 e. The molecule has 17 heavy (non-hydrogen) atoms. The first kappa shape index (κ1) is 14.7. The molecule has 4 nitrogen and oxygen atoms in total. The zero-order valence-corrected chi connectivity index (χ0v) is 11.0. The van der Waals surface area contributed by atoms with Crippen LogP contribution in [0, 0.1) is 11.8 Å². The lowest BCUT2D eigenvalue weighted by Gasteiger charge is -2.25. The fraction of sp³-hybridized carbons (Fsp3) is 0.917. The van der Waals surface area contributed by atoms with E-state index < -0.39 is 0 Å². The molecule has 2 rings (SSSR count). The number of rotatable bonds is 3. The minimum absolute atomic E-state index is 0. The van der Waals surface area contributed by atoms with Gasteiger partial charge in [0.15, 0.2) is 0 Å². The first-order valence-electron chi connectivity index (χ1n) is 6.39. The van der Waals surface area contributed by atoms with E-state index in [1.165, 1.54) is 6.42 Å². The van der Waals surface area contributed by atoms with Crippen molar-refractivity contribution < 1.29 is 9.53 Å². The Morgan fingerprint density at radius 3 is 2.59 bits per heavy atom. The lowest BCUT2D eigenvalue weighted by atomic mass is 9.97. The number of carbonyl (C=O) groups excluding carboxylic acids is 1. The van der Waals surface area contributed by atoms with Crippen LogP contribution in [0.1, 0.15) is 32.1 Å². The van der Waals surface area contributed by atoms with E-state index in [2.05, 4.69) is 5.32 Å². The highest BCUT2D eigenvalue weighted by Crippen LogP contribution is 2.25. The van der Waals surface area contributed by atoms with Gasteiger partial charge < -0.3 is 15.8 Å². The Labute approximate surface area is 109 Å². The highest BCUT2D eigenvalue weighted by molar-refractivity contribution is 5.85. The predicted molar refractivity (Wildman–Crippen MR) is 69.1 cm³/mol. The molecule has 0 radical (unpaired) electrons. The Hall–Kier alpha value is -0.320. The number of halogens is 1. The molecule has 3 N–H and O–H groups in total. The summed E-state index contributed by atoms with van der Waals surface area (Å²) < 4.78 is 5.26. The molecular weight excluding hydrogens is 240 g/mol. The minimum Gasteiger partial charge on any atom is -0.381 e. The van der Waals surface area contributed by atoms with Gasteiger partial charge in [-0.25, -0.2) is 0 Å². The van der Waals surface area contributed by atoms with Gasteiger partial charge in [-0.05, 0) is 38.1 Å². The summed E-state index contributed by atoms with van der Waals surface area (Å²) in [5.41, 5.74) is 5.71. The molecule has 2 atom stereocenters. The van der Waals surface area contributed by atoms with Crippen molar-refractivity contribution in [3.8, 4) is 0 Å². The van der Waals surface area contributed by atoms with Crippen LogP contribution >= 0.6 is 12.4 Å². The Bertz CT molecular complexity index is 245. The lowest BCUT2D eigenvalue weighted by molar-refractivity contribution is -0.128. The van der Waals surface area contributed by atoms with Crippen LogP contribution in [0.25, 0.3) is 0 Å². The summed E-state index contributed by atoms with van der Waals surface area (Å²) >= 11 is 0. The molecule has 1 saturated carbocycles. The Kier molecular flexibility index (Phi) is 6.23. The summed E-state index contributed by atoms with van der Waals surface area (Å²) in [5.74, 6) is 0.866. The third kappa shape index (κ3) is 3.83. The molecule has 2 fully saturated rings. The molecule has 1 heterocycles. The fourth-order valence-corrected chi connectivity index (χ4v) is 2.77. The molecule has 1 saturated heterocycles. The Morgan fingerprint density at radius 1 is 1.24 bits per heavy atom. The standard InChI is InChI=1S/C12H22N2O2.ClH/c13-8-10-2-1-3-11(10)14-12(15)9-4-6-16-7-5-9;/h9-11H,1-8,13H2,(H,14,15);1H. The van der Waals surface area contributed by atoms with E-state index in [1.54, 1.807) is 0 Å². The number of carbonyl (C=O) groups is 1. The maximum Gasteiger partial charge on any atom is 0.223 e. The molecule has 1 amide bonds. The van der Waals surface area contributed by atoms with Crippen molar-refractivity contribution in [3.63, 3.8) is 0 Å². The normalized spacial score (nSPS) is 29.7. The van der Waals surface area contributed by atoms with E-state index in [-0.39, 0.29) is 24.2 Å². The van der Waals surface area contributed by atoms with Crippen LogP contribution in [0.5, 0.6) is 0 Å². The van der Waals surface area contributed by atoms with Gasteiger partial charge in [0, 0.05) is 25.2 Å². The van der Waals surface area contributed by atoms with Crippen molar-refractivity contribution in [1.82, 2.24) is 5.32 Å². The van der Waals surface area contributed by atoms with Crippen molar-refractivity contribution in [3.05, 3.63) is 0 Å². The molecule has 1 aliphatic heterocycles. The average molecular weight is 263 g/mol. The maximum absolute atomic E-state index is 12.0. The van der Waals surface area contributed by atoms with Gasteiger partial charge in [-0.1, -0.05) is 6.42 Å². The van der Waals surface area contributed by atoms with Crippen LogP contribution < -0.4 is 11.1 Å². The predicted octanol–water partition coefficient (Wildman–Crippen LogP) is 1.08. The quantitative estimate of drug-likeness (QED) is 0.800. The van der Waals surface area contributed by atoms with E-state index in [4.69, 9.17) is 10.5 Å². The second kappa shape index (κ2) is 7.19. The largest absolute Gasteiger partial charge is 0.381 e. The van der Waals surface area contributed by atoms with Crippen LogP contribution in [0.2, 0.25) is 0 Å². The number of nitrogens with two attached hydrogens (primary N) is 1. The molecule has 100 valence electrons. The van der Waals surface area contributed by atoms with Crippen LogP contribution in [0.4, 0.5) is 0 Å². The molecule has 0 aromatic heterocycles. The van der Waals surface area contributed by atoms with Gasteiger partial charge in [-0.3, -0.25) is 4.79 Å². The SMILES string of the molecule is Cl.NCC1CCCC1NC(=O)C1CCOCC1. The number of hydrogen-bond acceptors (Lipinski definition) is 3. The van der Waals surface area contributed by atoms with Crippen molar-refractivity contribution in [2.45, 2.75) is 38.1 Å². The van der Waals surface area contributed by atoms with Crippen LogP contribution in [-0.4, -0.2) is 31.7 Å². The molecule has 1 aliphatic carbocycles. The number of amides is 1. The molecule has 0 aromatic carbocycles. The second-order valence-electron chi connectivity index (χ2n) is 4.93. The van der Waals surface area contributed by atoms with Crippen LogP contribution in [0.3, 0.4) is 0 Å². The Balaban J connectivity index is 0.00000144. The zero-order chi connectivity index (χ0) is 11.4. The van der Waals surface area contributed by atoms with Crippen molar-refractivity contribution in [2.24, 2.45) is 17.6 Å². The van der Waals surface area contributed by atoms with E-state index in [0.717, 1.165) is 38.9 Å². The summed E-state index contributed by atoms with van der Waals surface area (Å²) in [7, 11) is 0. The van der Waals surface area contributed by atoms with E-state index in [1.807, 2.05) is 0 Å².